The van der Waals surface area contributed by atoms with Crippen LogP contribution in [0.4, 0.5) is 0 Å². The van der Waals surface area contributed by atoms with Crippen molar-refractivity contribution in [2.45, 2.75) is 26.3 Å². The van der Waals surface area contributed by atoms with Crippen molar-refractivity contribution in [3.63, 3.8) is 0 Å². The number of carbonyl (C=O) groups excluding carboxylic acids is 1. The number of rotatable bonds is 2. The molecular weight excluding hydrogens is 216 g/mol. The van der Waals surface area contributed by atoms with E-state index in [1.54, 1.807) is 6.20 Å². The Labute approximate surface area is 102 Å². The van der Waals surface area contributed by atoms with Crippen LogP contribution in [-0.4, -0.2) is 42.5 Å². The highest BCUT2D eigenvalue weighted by atomic mass is 16.1. The van der Waals surface area contributed by atoms with E-state index in [-0.39, 0.29) is 17.0 Å². The van der Waals surface area contributed by atoms with Gasteiger partial charge in [0.05, 0.1) is 0 Å². The van der Waals surface area contributed by atoms with Crippen LogP contribution in [0, 0.1) is 11.3 Å². The first kappa shape index (κ1) is 13.5. The van der Waals surface area contributed by atoms with E-state index in [4.69, 9.17) is 5.26 Å². The van der Waals surface area contributed by atoms with E-state index >= 15 is 0 Å². The standard InChI is InChI=1S/C12H20N4O/c1-12(2,3)15-11(17)10(8-13)9-16-6-4-14-5-7-16/h9,14H,4-7H2,1-3H3,(H,15,17)/b10-9-. The number of carbonyl (C=O) groups is 1. The largest absolute Gasteiger partial charge is 0.374 e. The summed E-state index contributed by atoms with van der Waals surface area (Å²) in [7, 11) is 0. The third-order valence-electron chi connectivity index (χ3n) is 2.32. The number of piperazine rings is 1. The summed E-state index contributed by atoms with van der Waals surface area (Å²) < 4.78 is 0. The molecule has 0 unspecified atom stereocenters. The number of nitrogens with one attached hydrogen (secondary N) is 2. The second-order valence-electron chi connectivity index (χ2n) is 5.14. The third kappa shape index (κ3) is 4.87. The zero-order valence-electron chi connectivity index (χ0n) is 10.7. The van der Waals surface area contributed by atoms with E-state index in [1.165, 1.54) is 0 Å². The van der Waals surface area contributed by atoms with Gasteiger partial charge in [0.15, 0.2) is 0 Å². The van der Waals surface area contributed by atoms with E-state index in [1.807, 2.05) is 31.7 Å². The molecule has 5 heteroatoms. The van der Waals surface area contributed by atoms with Gasteiger partial charge in [-0.05, 0) is 20.8 Å². The fourth-order valence-corrected chi connectivity index (χ4v) is 1.54. The van der Waals surface area contributed by atoms with Gasteiger partial charge in [0.1, 0.15) is 11.6 Å². The van der Waals surface area contributed by atoms with Gasteiger partial charge >= 0.3 is 0 Å². The minimum atomic E-state index is -0.323. The van der Waals surface area contributed by atoms with Crippen molar-refractivity contribution < 1.29 is 4.79 Å². The Morgan fingerprint density at radius 3 is 2.47 bits per heavy atom. The monoisotopic (exact) mass is 236 g/mol. The molecule has 0 saturated carbocycles. The van der Waals surface area contributed by atoms with Gasteiger partial charge in [0.25, 0.3) is 5.91 Å². The van der Waals surface area contributed by atoms with Crippen molar-refractivity contribution in [2.75, 3.05) is 26.2 Å². The SMILES string of the molecule is CC(C)(C)NC(=O)/C(C#N)=C\N1CCNCC1. The molecule has 1 rings (SSSR count). The minimum Gasteiger partial charge on any atom is -0.374 e. The van der Waals surface area contributed by atoms with Gasteiger partial charge in [-0.1, -0.05) is 0 Å². The lowest BCUT2D eigenvalue weighted by Gasteiger charge is -2.26. The van der Waals surface area contributed by atoms with E-state index < -0.39 is 0 Å². The third-order valence-corrected chi connectivity index (χ3v) is 2.32. The number of nitriles is 1. The quantitative estimate of drug-likeness (QED) is 0.531. The fraction of sp³-hybridized carbons (Fsp3) is 0.667. The Kier molecular flexibility index (Phi) is 4.53. The van der Waals surface area contributed by atoms with Crippen LogP contribution in [0.2, 0.25) is 0 Å². The lowest BCUT2D eigenvalue weighted by Crippen LogP contribution is -2.43. The van der Waals surface area contributed by atoms with E-state index in [0.29, 0.717) is 0 Å². The second-order valence-corrected chi connectivity index (χ2v) is 5.14. The van der Waals surface area contributed by atoms with Crippen LogP contribution in [0.1, 0.15) is 20.8 Å². The van der Waals surface area contributed by atoms with Crippen LogP contribution in [0.3, 0.4) is 0 Å². The first-order valence-corrected chi connectivity index (χ1v) is 5.81. The van der Waals surface area contributed by atoms with Crippen molar-refractivity contribution in [3.05, 3.63) is 11.8 Å². The molecule has 94 valence electrons. The molecule has 5 nitrogen and oxygen atoms in total. The molecule has 2 N–H and O–H groups in total. The minimum absolute atomic E-state index is 0.168. The highest BCUT2D eigenvalue weighted by Crippen LogP contribution is 2.04. The lowest BCUT2D eigenvalue weighted by molar-refractivity contribution is -0.118. The zero-order valence-corrected chi connectivity index (χ0v) is 10.7. The van der Waals surface area contributed by atoms with Gasteiger partial charge in [-0.15, -0.1) is 0 Å². The van der Waals surface area contributed by atoms with Crippen molar-refractivity contribution in [1.29, 1.82) is 5.26 Å². The Bertz CT molecular complexity index is 342. The van der Waals surface area contributed by atoms with Gasteiger partial charge in [0, 0.05) is 37.9 Å². The molecule has 0 aromatic carbocycles. The van der Waals surface area contributed by atoms with Crippen LogP contribution in [0.15, 0.2) is 11.8 Å². The highest BCUT2D eigenvalue weighted by Gasteiger charge is 2.18. The zero-order chi connectivity index (χ0) is 12.9. The summed E-state index contributed by atoms with van der Waals surface area (Å²) in [6.07, 6.45) is 1.65. The van der Waals surface area contributed by atoms with Crippen LogP contribution >= 0.6 is 0 Å². The average Bonchev–Trinajstić information content (AvgIpc) is 2.24. The van der Waals surface area contributed by atoms with E-state index in [0.717, 1.165) is 26.2 Å². The predicted molar refractivity (Wildman–Crippen MR) is 66.0 cm³/mol. The molecule has 1 aliphatic rings. The van der Waals surface area contributed by atoms with E-state index in [2.05, 4.69) is 10.6 Å². The van der Waals surface area contributed by atoms with Crippen LogP contribution in [0.5, 0.6) is 0 Å². The summed E-state index contributed by atoms with van der Waals surface area (Å²) in [6.45, 7) is 9.11. The maximum absolute atomic E-state index is 11.8. The predicted octanol–water partition coefficient (Wildman–Crippen LogP) is 0.214. The summed E-state index contributed by atoms with van der Waals surface area (Å²) in [5, 5.41) is 15.0. The molecule has 0 spiro atoms. The number of amides is 1. The Morgan fingerprint density at radius 1 is 1.41 bits per heavy atom. The maximum atomic E-state index is 11.8. The molecule has 1 saturated heterocycles. The molecule has 1 aliphatic heterocycles. The van der Waals surface area contributed by atoms with Gasteiger partial charge in [0.2, 0.25) is 0 Å². The summed E-state index contributed by atoms with van der Waals surface area (Å²) in [6, 6.07) is 1.96. The molecule has 1 amide bonds. The normalized spacial score (nSPS) is 17.5. The summed E-state index contributed by atoms with van der Waals surface area (Å²) in [5.74, 6) is -0.307. The maximum Gasteiger partial charge on any atom is 0.263 e. The van der Waals surface area contributed by atoms with Crippen LogP contribution in [-0.2, 0) is 4.79 Å². The van der Waals surface area contributed by atoms with Crippen LogP contribution < -0.4 is 10.6 Å². The smallest absolute Gasteiger partial charge is 0.263 e. The number of nitrogens with zero attached hydrogens (tertiary/aromatic N) is 2. The van der Waals surface area contributed by atoms with Gasteiger partial charge in [-0.3, -0.25) is 4.79 Å². The number of hydrogen-bond donors (Lipinski definition) is 2. The molecule has 0 atom stereocenters. The second kappa shape index (κ2) is 5.69. The lowest BCUT2D eigenvalue weighted by atomic mass is 10.1. The topological polar surface area (TPSA) is 68.2 Å². The van der Waals surface area contributed by atoms with Crippen molar-refractivity contribution in [2.24, 2.45) is 0 Å². The first-order valence-electron chi connectivity index (χ1n) is 5.81. The summed E-state index contributed by atoms with van der Waals surface area (Å²) in [4.78, 5) is 13.8. The van der Waals surface area contributed by atoms with E-state index in [9.17, 15) is 4.79 Å². The Balaban J connectivity index is 2.67. The van der Waals surface area contributed by atoms with Gasteiger partial charge in [-0.2, -0.15) is 5.26 Å². The molecule has 17 heavy (non-hydrogen) atoms. The van der Waals surface area contributed by atoms with Crippen molar-refractivity contribution in [3.8, 4) is 6.07 Å². The Hall–Kier alpha value is -1.54. The molecule has 0 radical (unpaired) electrons. The summed E-state index contributed by atoms with van der Waals surface area (Å²) >= 11 is 0. The molecule has 0 bridgehead atoms. The van der Waals surface area contributed by atoms with Crippen molar-refractivity contribution in [1.82, 2.24) is 15.5 Å². The van der Waals surface area contributed by atoms with Gasteiger partial charge < -0.3 is 15.5 Å². The highest BCUT2D eigenvalue weighted by molar-refractivity contribution is 5.97. The molecule has 0 aromatic rings. The molecule has 0 aromatic heterocycles. The van der Waals surface area contributed by atoms with Crippen LogP contribution in [0.25, 0.3) is 0 Å². The molecule has 1 fully saturated rings. The molecule has 0 aliphatic carbocycles. The number of hydrogen-bond acceptors (Lipinski definition) is 4. The molecular formula is C12H20N4O. The van der Waals surface area contributed by atoms with Gasteiger partial charge in [-0.25, -0.2) is 0 Å². The summed E-state index contributed by atoms with van der Waals surface area (Å²) in [5.41, 5.74) is -0.155. The first-order chi connectivity index (χ1) is 7.92. The fourth-order valence-electron chi connectivity index (χ4n) is 1.54. The van der Waals surface area contributed by atoms with Crippen molar-refractivity contribution >= 4 is 5.91 Å². The Morgan fingerprint density at radius 2 is 2.00 bits per heavy atom. The molecule has 1 heterocycles. The average molecular weight is 236 g/mol.